The van der Waals surface area contributed by atoms with Crippen LogP contribution in [0.3, 0.4) is 0 Å². The van der Waals surface area contributed by atoms with Crippen molar-refractivity contribution in [3.05, 3.63) is 0 Å². The van der Waals surface area contributed by atoms with E-state index in [2.05, 4.69) is 26.1 Å². The molecule has 0 spiro atoms. The Labute approximate surface area is 100 Å². The van der Waals surface area contributed by atoms with Gasteiger partial charge in [-0.3, -0.25) is 4.79 Å². The predicted octanol–water partition coefficient (Wildman–Crippen LogP) is 2.10. The summed E-state index contributed by atoms with van der Waals surface area (Å²) in [5.41, 5.74) is 5.69. The van der Waals surface area contributed by atoms with Gasteiger partial charge in [0.05, 0.1) is 6.04 Å². The van der Waals surface area contributed by atoms with E-state index in [1.807, 2.05) is 20.8 Å². The lowest BCUT2D eigenvalue weighted by molar-refractivity contribution is -0.127. The summed E-state index contributed by atoms with van der Waals surface area (Å²) < 4.78 is 0. The number of hydrogen-bond acceptors (Lipinski definition) is 3. The van der Waals surface area contributed by atoms with Gasteiger partial charge in [0.1, 0.15) is 0 Å². The van der Waals surface area contributed by atoms with E-state index < -0.39 is 0 Å². The standard InChI is InChI=1S/C13H28N2O/c1-12(2,3)11(16)10(14)8-7-9-15-13(4,5)6/h10,15H,7-9,14H2,1-6H3/t10-/m1/s1. The molecule has 0 aliphatic heterocycles. The summed E-state index contributed by atoms with van der Waals surface area (Å²) in [6.45, 7) is 13.1. The molecule has 3 nitrogen and oxygen atoms in total. The maximum Gasteiger partial charge on any atom is 0.154 e. The molecule has 0 saturated heterocycles. The number of hydrogen-bond donors (Lipinski definition) is 2. The van der Waals surface area contributed by atoms with Gasteiger partial charge in [-0.2, -0.15) is 0 Å². The van der Waals surface area contributed by atoms with E-state index in [1.54, 1.807) is 0 Å². The molecule has 96 valence electrons. The number of carbonyl (C=O) groups excluding carboxylic acids is 1. The summed E-state index contributed by atoms with van der Waals surface area (Å²) >= 11 is 0. The molecule has 0 aromatic heterocycles. The van der Waals surface area contributed by atoms with Gasteiger partial charge < -0.3 is 11.1 Å². The smallest absolute Gasteiger partial charge is 0.154 e. The molecular formula is C13H28N2O. The number of nitrogens with two attached hydrogens (primary N) is 1. The predicted molar refractivity (Wildman–Crippen MR) is 69.4 cm³/mol. The number of rotatable bonds is 5. The van der Waals surface area contributed by atoms with Gasteiger partial charge in [-0.25, -0.2) is 0 Å². The van der Waals surface area contributed by atoms with Gasteiger partial charge in [0.15, 0.2) is 5.78 Å². The van der Waals surface area contributed by atoms with Crippen LogP contribution in [0.25, 0.3) is 0 Å². The molecule has 0 rings (SSSR count). The van der Waals surface area contributed by atoms with Crippen molar-refractivity contribution < 1.29 is 4.79 Å². The maximum absolute atomic E-state index is 11.8. The fourth-order valence-electron chi connectivity index (χ4n) is 1.47. The minimum absolute atomic E-state index is 0.137. The van der Waals surface area contributed by atoms with E-state index in [0.29, 0.717) is 0 Å². The van der Waals surface area contributed by atoms with Gasteiger partial charge in [-0.1, -0.05) is 20.8 Å². The molecule has 0 radical (unpaired) electrons. The van der Waals surface area contributed by atoms with Crippen molar-refractivity contribution >= 4 is 5.78 Å². The summed E-state index contributed by atoms with van der Waals surface area (Å²) in [6.07, 6.45) is 1.71. The molecule has 0 aliphatic rings. The lowest BCUT2D eigenvalue weighted by Gasteiger charge is -2.23. The van der Waals surface area contributed by atoms with Crippen LogP contribution in [0.1, 0.15) is 54.4 Å². The average Bonchev–Trinajstić information content (AvgIpc) is 2.07. The van der Waals surface area contributed by atoms with Gasteiger partial charge in [0.2, 0.25) is 0 Å². The number of nitrogens with one attached hydrogen (secondary N) is 1. The minimum atomic E-state index is -0.323. The summed E-state index contributed by atoms with van der Waals surface area (Å²) in [5.74, 6) is 0.156. The summed E-state index contributed by atoms with van der Waals surface area (Å²) in [6, 6.07) is -0.318. The zero-order chi connectivity index (χ0) is 13.0. The molecular weight excluding hydrogens is 200 g/mol. The van der Waals surface area contributed by atoms with Crippen LogP contribution in [-0.4, -0.2) is 23.9 Å². The van der Waals surface area contributed by atoms with Gasteiger partial charge in [0.25, 0.3) is 0 Å². The number of Topliss-reactive ketones (excluding diaryl/α,β-unsaturated/α-hetero) is 1. The molecule has 0 aliphatic carbocycles. The van der Waals surface area contributed by atoms with Crippen LogP contribution >= 0.6 is 0 Å². The fourth-order valence-corrected chi connectivity index (χ4v) is 1.47. The minimum Gasteiger partial charge on any atom is -0.321 e. The summed E-state index contributed by atoms with van der Waals surface area (Å²) in [5, 5.41) is 3.39. The normalized spacial score (nSPS) is 14.9. The van der Waals surface area contributed by atoms with Crippen LogP contribution in [0, 0.1) is 5.41 Å². The molecule has 0 bridgehead atoms. The van der Waals surface area contributed by atoms with Crippen molar-refractivity contribution in [1.29, 1.82) is 0 Å². The highest BCUT2D eigenvalue weighted by Crippen LogP contribution is 2.17. The second-order valence-electron chi connectivity index (χ2n) is 6.54. The Balaban J connectivity index is 3.83. The molecule has 3 heteroatoms. The third-order valence-electron chi connectivity index (χ3n) is 2.42. The molecule has 0 amide bonds. The van der Waals surface area contributed by atoms with Crippen molar-refractivity contribution in [3.63, 3.8) is 0 Å². The van der Waals surface area contributed by atoms with Crippen LogP contribution in [0.2, 0.25) is 0 Å². The zero-order valence-electron chi connectivity index (χ0n) is 11.7. The first-order valence-corrected chi connectivity index (χ1v) is 6.09. The Morgan fingerprint density at radius 3 is 2.06 bits per heavy atom. The van der Waals surface area contributed by atoms with Crippen molar-refractivity contribution in [2.24, 2.45) is 11.1 Å². The second-order valence-corrected chi connectivity index (χ2v) is 6.54. The summed E-state index contributed by atoms with van der Waals surface area (Å²) in [4.78, 5) is 11.8. The van der Waals surface area contributed by atoms with Crippen molar-refractivity contribution in [2.45, 2.75) is 66.0 Å². The van der Waals surface area contributed by atoms with E-state index in [9.17, 15) is 4.79 Å². The molecule has 1 atom stereocenters. The highest BCUT2D eigenvalue weighted by Gasteiger charge is 2.26. The van der Waals surface area contributed by atoms with E-state index in [4.69, 9.17) is 5.73 Å². The molecule has 3 N–H and O–H groups in total. The SMILES string of the molecule is CC(C)(C)NCCC[C@@H](N)C(=O)C(C)(C)C. The topological polar surface area (TPSA) is 55.1 Å². The molecule has 16 heavy (non-hydrogen) atoms. The summed E-state index contributed by atoms with van der Waals surface area (Å²) in [7, 11) is 0. The maximum atomic E-state index is 11.8. The highest BCUT2D eigenvalue weighted by molar-refractivity contribution is 5.88. The monoisotopic (exact) mass is 228 g/mol. The zero-order valence-corrected chi connectivity index (χ0v) is 11.7. The Kier molecular flexibility index (Phi) is 5.63. The Bertz CT molecular complexity index is 223. The largest absolute Gasteiger partial charge is 0.321 e. The fraction of sp³-hybridized carbons (Fsp3) is 0.923. The lowest BCUT2D eigenvalue weighted by atomic mass is 9.85. The third-order valence-corrected chi connectivity index (χ3v) is 2.42. The molecule has 0 heterocycles. The van der Waals surface area contributed by atoms with E-state index in [1.165, 1.54) is 0 Å². The van der Waals surface area contributed by atoms with E-state index in [0.717, 1.165) is 19.4 Å². The van der Waals surface area contributed by atoms with Crippen LogP contribution in [-0.2, 0) is 4.79 Å². The first-order valence-electron chi connectivity index (χ1n) is 6.09. The molecule has 0 aromatic rings. The average molecular weight is 228 g/mol. The first kappa shape index (κ1) is 15.6. The third kappa shape index (κ3) is 6.96. The first-order chi connectivity index (χ1) is 7.04. The van der Waals surface area contributed by atoms with Crippen LogP contribution in [0.5, 0.6) is 0 Å². The highest BCUT2D eigenvalue weighted by atomic mass is 16.1. The Morgan fingerprint density at radius 1 is 1.19 bits per heavy atom. The van der Waals surface area contributed by atoms with E-state index >= 15 is 0 Å². The number of carbonyl (C=O) groups is 1. The van der Waals surface area contributed by atoms with Crippen LogP contribution in [0.4, 0.5) is 0 Å². The van der Waals surface area contributed by atoms with Crippen molar-refractivity contribution in [1.82, 2.24) is 5.32 Å². The van der Waals surface area contributed by atoms with Crippen molar-refractivity contribution in [3.8, 4) is 0 Å². The molecule has 0 saturated carbocycles. The molecule has 0 aromatic carbocycles. The Morgan fingerprint density at radius 2 is 1.69 bits per heavy atom. The second kappa shape index (κ2) is 5.78. The lowest BCUT2D eigenvalue weighted by Crippen LogP contribution is -2.40. The van der Waals surface area contributed by atoms with Gasteiger partial charge in [-0.15, -0.1) is 0 Å². The molecule has 0 unspecified atom stereocenters. The van der Waals surface area contributed by atoms with Crippen LogP contribution in [0.15, 0.2) is 0 Å². The van der Waals surface area contributed by atoms with Gasteiger partial charge >= 0.3 is 0 Å². The van der Waals surface area contributed by atoms with Crippen molar-refractivity contribution in [2.75, 3.05) is 6.54 Å². The van der Waals surface area contributed by atoms with Gasteiger partial charge in [0, 0.05) is 11.0 Å². The quantitative estimate of drug-likeness (QED) is 0.709. The van der Waals surface area contributed by atoms with Crippen LogP contribution < -0.4 is 11.1 Å². The molecule has 0 fully saturated rings. The van der Waals surface area contributed by atoms with Gasteiger partial charge in [-0.05, 0) is 40.2 Å². The Hall–Kier alpha value is -0.410. The van der Waals surface area contributed by atoms with E-state index in [-0.39, 0.29) is 22.8 Å². The number of ketones is 1.